The highest BCUT2D eigenvalue weighted by Gasteiger charge is 2.30. The molecule has 1 fully saturated rings. The molecule has 1 saturated heterocycles. The fourth-order valence-corrected chi connectivity index (χ4v) is 3.67. The second-order valence-electron chi connectivity index (χ2n) is 6.55. The average molecular weight is 320 g/mol. The Morgan fingerprint density at radius 2 is 2.00 bits per heavy atom. The molecule has 0 aromatic heterocycles. The van der Waals surface area contributed by atoms with Crippen LogP contribution in [0.5, 0.6) is 0 Å². The van der Waals surface area contributed by atoms with E-state index in [1.54, 1.807) is 0 Å². The third-order valence-electron chi connectivity index (χ3n) is 3.49. The summed E-state index contributed by atoms with van der Waals surface area (Å²) in [5, 5.41) is 14.6. The van der Waals surface area contributed by atoms with Crippen molar-refractivity contribution in [2.24, 2.45) is 5.41 Å². The molecule has 0 spiro atoms. The minimum atomic E-state index is -3.09. The number of carbonyl (C=O) groups is 2. The highest BCUT2D eigenvalue weighted by Crippen LogP contribution is 2.22. The summed E-state index contributed by atoms with van der Waals surface area (Å²) in [5.74, 6) is -1.27. The molecule has 1 rings (SSSR count). The third-order valence-corrected chi connectivity index (χ3v) is 5.23. The van der Waals surface area contributed by atoms with E-state index in [2.05, 4.69) is 10.6 Å². The van der Waals surface area contributed by atoms with E-state index >= 15 is 0 Å². The number of rotatable bonds is 5. The van der Waals surface area contributed by atoms with Crippen molar-refractivity contribution in [2.75, 3.05) is 18.1 Å². The van der Waals surface area contributed by atoms with Gasteiger partial charge in [0.25, 0.3) is 0 Å². The van der Waals surface area contributed by atoms with Crippen LogP contribution in [0.25, 0.3) is 0 Å². The van der Waals surface area contributed by atoms with Crippen LogP contribution in [-0.2, 0) is 19.4 Å². The van der Waals surface area contributed by atoms with Gasteiger partial charge in [0.05, 0.1) is 17.9 Å². The van der Waals surface area contributed by atoms with Crippen molar-refractivity contribution in [3.63, 3.8) is 0 Å². The predicted molar refractivity (Wildman–Crippen MR) is 78.7 cm³/mol. The Morgan fingerprint density at radius 1 is 1.38 bits per heavy atom. The van der Waals surface area contributed by atoms with Gasteiger partial charge in [-0.3, -0.25) is 9.59 Å². The Bertz CT molecular complexity index is 495. The van der Waals surface area contributed by atoms with E-state index in [0.29, 0.717) is 6.54 Å². The minimum Gasteiger partial charge on any atom is -0.481 e. The first kappa shape index (κ1) is 17.9. The smallest absolute Gasteiger partial charge is 0.305 e. The minimum absolute atomic E-state index is 0.0332. The summed E-state index contributed by atoms with van der Waals surface area (Å²) < 4.78 is 23.0. The zero-order valence-electron chi connectivity index (χ0n) is 12.7. The van der Waals surface area contributed by atoms with Crippen molar-refractivity contribution < 1.29 is 23.1 Å². The largest absolute Gasteiger partial charge is 0.481 e. The standard InChI is InChI=1S/C13H24N2O5S/c1-13(2,3)10(7-12(17)18)15-11(16)6-9-8-21(19,20)5-4-14-9/h9-10,14H,4-8H2,1-3H3,(H,15,16)(H,17,18). The second-order valence-corrected chi connectivity index (χ2v) is 8.78. The molecule has 7 nitrogen and oxygen atoms in total. The topological polar surface area (TPSA) is 113 Å². The molecule has 2 atom stereocenters. The van der Waals surface area contributed by atoms with Crippen LogP contribution in [0.2, 0.25) is 0 Å². The van der Waals surface area contributed by atoms with E-state index in [1.807, 2.05) is 20.8 Å². The van der Waals surface area contributed by atoms with Gasteiger partial charge in [0, 0.05) is 25.0 Å². The number of nitrogens with one attached hydrogen (secondary N) is 2. The fourth-order valence-electron chi connectivity index (χ4n) is 2.22. The van der Waals surface area contributed by atoms with Gasteiger partial charge in [-0.15, -0.1) is 0 Å². The van der Waals surface area contributed by atoms with Crippen molar-refractivity contribution in [3.05, 3.63) is 0 Å². The van der Waals surface area contributed by atoms with E-state index in [-0.39, 0.29) is 35.7 Å². The van der Waals surface area contributed by atoms with Gasteiger partial charge in [-0.25, -0.2) is 8.42 Å². The van der Waals surface area contributed by atoms with Gasteiger partial charge in [0.15, 0.2) is 9.84 Å². The van der Waals surface area contributed by atoms with Crippen molar-refractivity contribution in [2.45, 2.75) is 45.7 Å². The third kappa shape index (κ3) is 6.43. The van der Waals surface area contributed by atoms with Crippen LogP contribution >= 0.6 is 0 Å². The van der Waals surface area contributed by atoms with Crippen LogP contribution in [0.1, 0.15) is 33.6 Å². The maximum absolute atomic E-state index is 12.0. The van der Waals surface area contributed by atoms with E-state index in [9.17, 15) is 18.0 Å². The van der Waals surface area contributed by atoms with Gasteiger partial charge in [0.1, 0.15) is 0 Å². The van der Waals surface area contributed by atoms with Crippen molar-refractivity contribution in [1.82, 2.24) is 10.6 Å². The molecule has 1 amide bonds. The number of aliphatic carboxylic acids is 1. The number of hydrogen-bond donors (Lipinski definition) is 3. The summed E-state index contributed by atoms with van der Waals surface area (Å²) in [6.07, 6.45) is -0.128. The Labute approximate surface area is 125 Å². The van der Waals surface area contributed by atoms with Gasteiger partial charge in [-0.2, -0.15) is 0 Å². The first-order valence-corrected chi connectivity index (χ1v) is 8.77. The van der Waals surface area contributed by atoms with Crippen LogP contribution in [0, 0.1) is 5.41 Å². The molecule has 1 aliphatic rings. The maximum atomic E-state index is 12.0. The molecular formula is C13H24N2O5S. The number of hydrogen-bond acceptors (Lipinski definition) is 5. The molecule has 1 heterocycles. The van der Waals surface area contributed by atoms with Crippen LogP contribution in [-0.4, -0.2) is 55.5 Å². The molecule has 122 valence electrons. The van der Waals surface area contributed by atoms with E-state index in [0.717, 1.165) is 0 Å². The molecule has 21 heavy (non-hydrogen) atoms. The van der Waals surface area contributed by atoms with E-state index < -0.39 is 27.9 Å². The summed E-state index contributed by atoms with van der Waals surface area (Å²) in [4.78, 5) is 22.9. The first-order valence-electron chi connectivity index (χ1n) is 6.94. The Morgan fingerprint density at radius 3 is 2.48 bits per heavy atom. The van der Waals surface area contributed by atoms with E-state index in [1.165, 1.54) is 0 Å². The number of amides is 1. The zero-order valence-corrected chi connectivity index (χ0v) is 13.5. The number of carbonyl (C=O) groups excluding carboxylic acids is 1. The van der Waals surface area contributed by atoms with Gasteiger partial charge in [-0.05, 0) is 5.41 Å². The number of carboxylic acids is 1. The lowest BCUT2D eigenvalue weighted by atomic mass is 9.84. The highest BCUT2D eigenvalue weighted by molar-refractivity contribution is 7.91. The molecule has 0 aromatic carbocycles. The zero-order chi connectivity index (χ0) is 16.3. The Hall–Kier alpha value is -1.15. The summed E-state index contributed by atoms with van der Waals surface area (Å²) in [6, 6.07) is -0.906. The van der Waals surface area contributed by atoms with Crippen LogP contribution in [0.3, 0.4) is 0 Å². The lowest BCUT2D eigenvalue weighted by Gasteiger charge is -2.31. The molecule has 0 aromatic rings. The normalized spacial score (nSPS) is 23.3. The Kier molecular flexibility index (Phi) is 5.75. The van der Waals surface area contributed by atoms with Gasteiger partial charge in [0.2, 0.25) is 5.91 Å². The van der Waals surface area contributed by atoms with Crippen LogP contribution in [0.4, 0.5) is 0 Å². The molecule has 0 bridgehead atoms. The quantitative estimate of drug-likeness (QED) is 0.645. The number of carboxylic acid groups (broad SMARTS) is 1. The maximum Gasteiger partial charge on any atom is 0.305 e. The van der Waals surface area contributed by atoms with Crippen LogP contribution < -0.4 is 10.6 Å². The fraction of sp³-hybridized carbons (Fsp3) is 0.846. The molecule has 0 saturated carbocycles. The average Bonchev–Trinajstić information content (AvgIpc) is 2.24. The summed E-state index contributed by atoms with van der Waals surface area (Å²) >= 11 is 0. The first-order chi connectivity index (χ1) is 9.49. The molecule has 0 aliphatic carbocycles. The molecule has 2 unspecified atom stereocenters. The van der Waals surface area contributed by atoms with Crippen molar-refractivity contribution in [1.29, 1.82) is 0 Å². The summed E-state index contributed by atoms with van der Waals surface area (Å²) in [5.41, 5.74) is -0.389. The molecular weight excluding hydrogens is 296 g/mol. The molecule has 8 heteroatoms. The lowest BCUT2D eigenvalue weighted by Crippen LogP contribution is -2.50. The number of sulfone groups is 1. The highest BCUT2D eigenvalue weighted by atomic mass is 32.2. The van der Waals surface area contributed by atoms with Gasteiger partial charge >= 0.3 is 5.97 Å². The van der Waals surface area contributed by atoms with Crippen LogP contribution in [0.15, 0.2) is 0 Å². The summed E-state index contributed by atoms with van der Waals surface area (Å²) in [7, 11) is -3.09. The van der Waals surface area contributed by atoms with Gasteiger partial charge in [-0.1, -0.05) is 20.8 Å². The second kappa shape index (κ2) is 6.74. The predicted octanol–water partition coefficient (Wildman–Crippen LogP) is -0.231. The monoisotopic (exact) mass is 320 g/mol. The lowest BCUT2D eigenvalue weighted by molar-refractivity contribution is -0.138. The van der Waals surface area contributed by atoms with Crippen molar-refractivity contribution in [3.8, 4) is 0 Å². The Balaban J connectivity index is 2.60. The molecule has 3 N–H and O–H groups in total. The van der Waals surface area contributed by atoms with Gasteiger partial charge < -0.3 is 15.7 Å². The molecule has 1 aliphatic heterocycles. The summed E-state index contributed by atoms with van der Waals surface area (Å²) in [6.45, 7) is 5.90. The molecule has 0 radical (unpaired) electrons. The van der Waals surface area contributed by atoms with E-state index in [4.69, 9.17) is 5.11 Å². The SMILES string of the molecule is CC(C)(C)C(CC(=O)O)NC(=O)CC1CS(=O)(=O)CCN1. The van der Waals surface area contributed by atoms with Crippen molar-refractivity contribution >= 4 is 21.7 Å².